The Balaban J connectivity index is 1.62. The molecule has 2 aromatic carbocycles. The van der Waals surface area contributed by atoms with Gasteiger partial charge < -0.3 is 4.74 Å². The summed E-state index contributed by atoms with van der Waals surface area (Å²) in [6.45, 7) is 0.300. The summed E-state index contributed by atoms with van der Waals surface area (Å²) in [4.78, 5) is 12.2. The quantitative estimate of drug-likeness (QED) is 0.516. The molecule has 2 heterocycles. The van der Waals surface area contributed by atoms with Gasteiger partial charge in [0.25, 0.3) is 0 Å². The van der Waals surface area contributed by atoms with E-state index in [0.29, 0.717) is 23.5 Å². The zero-order valence-corrected chi connectivity index (χ0v) is 13.7. The lowest BCUT2D eigenvalue weighted by Crippen LogP contribution is -1.99. The molecule has 124 valence electrons. The second-order valence-electron chi connectivity index (χ2n) is 5.34. The minimum Gasteiger partial charge on any atom is -0.486 e. The number of fused-ring (bicyclic) bond motifs is 1. The number of nitrogens with zero attached hydrogens (tertiary/aromatic N) is 4. The van der Waals surface area contributed by atoms with E-state index < -0.39 is 5.82 Å². The van der Waals surface area contributed by atoms with Gasteiger partial charge in [0.2, 0.25) is 0 Å². The Kier molecular flexibility index (Phi) is 4.03. The van der Waals surface area contributed by atoms with E-state index in [-0.39, 0.29) is 10.9 Å². The topological polar surface area (TPSA) is 52.8 Å². The summed E-state index contributed by atoms with van der Waals surface area (Å²) >= 11 is 5.99. The van der Waals surface area contributed by atoms with E-state index in [1.807, 2.05) is 30.3 Å². The molecule has 25 heavy (non-hydrogen) atoms. The summed E-state index contributed by atoms with van der Waals surface area (Å²) in [6, 6.07) is 14.3. The fourth-order valence-electron chi connectivity index (χ4n) is 2.49. The first kappa shape index (κ1) is 15.5. The number of halogens is 2. The van der Waals surface area contributed by atoms with Crippen molar-refractivity contribution in [2.45, 2.75) is 6.61 Å². The standard InChI is InChI=1S/C18H12ClFN4O/c19-17-16-18(22-10-21-17)24(11-23-16)13-6-7-15(14(20)8-13)25-9-12-4-2-1-3-5-12/h1-8,10-11H,9H2. The second-order valence-corrected chi connectivity index (χ2v) is 5.70. The van der Waals surface area contributed by atoms with Crippen LogP contribution in [-0.2, 0) is 6.61 Å². The van der Waals surface area contributed by atoms with Crippen LogP contribution in [0.1, 0.15) is 5.56 Å². The lowest BCUT2D eigenvalue weighted by Gasteiger charge is -2.09. The van der Waals surface area contributed by atoms with Crippen LogP contribution in [0.25, 0.3) is 16.9 Å². The molecular weight excluding hydrogens is 343 g/mol. The van der Waals surface area contributed by atoms with Crippen LogP contribution in [0.2, 0.25) is 5.15 Å². The molecule has 7 heteroatoms. The normalized spacial score (nSPS) is 11.0. The molecule has 0 unspecified atom stereocenters. The van der Waals surface area contributed by atoms with Gasteiger partial charge in [-0.1, -0.05) is 41.9 Å². The van der Waals surface area contributed by atoms with Crippen LogP contribution in [-0.4, -0.2) is 19.5 Å². The molecule has 4 aromatic rings. The molecule has 0 saturated carbocycles. The molecule has 0 aliphatic carbocycles. The van der Waals surface area contributed by atoms with Gasteiger partial charge in [-0.3, -0.25) is 4.57 Å². The molecule has 0 amide bonds. The monoisotopic (exact) mass is 354 g/mol. The van der Waals surface area contributed by atoms with Crippen LogP contribution in [0.3, 0.4) is 0 Å². The fourth-order valence-corrected chi connectivity index (χ4v) is 2.66. The smallest absolute Gasteiger partial charge is 0.169 e. The average molecular weight is 355 g/mol. The van der Waals surface area contributed by atoms with E-state index in [1.165, 1.54) is 18.7 Å². The van der Waals surface area contributed by atoms with E-state index in [2.05, 4.69) is 15.0 Å². The van der Waals surface area contributed by atoms with Crippen molar-refractivity contribution in [2.24, 2.45) is 0 Å². The molecule has 0 atom stereocenters. The maximum Gasteiger partial charge on any atom is 0.169 e. The Labute approximate surface area is 147 Å². The predicted octanol–water partition coefficient (Wildman–Crippen LogP) is 4.19. The Morgan fingerprint density at radius 3 is 2.68 bits per heavy atom. The fraction of sp³-hybridized carbons (Fsp3) is 0.0556. The molecule has 0 fully saturated rings. The number of aromatic nitrogens is 4. The number of hydrogen-bond acceptors (Lipinski definition) is 4. The van der Waals surface area contributed by atoms with Crippen molar-refractivity contribution in [2.75, 3.05) is 0 Å². The van der Waals surface area contributed by atoms with Crippen molar-refractivity contribution in [1.82, 2.24) is 19.5 Å². The summed E-state index contributed by atoms with van der Waals surface area (Å²) in [7, 11) is 0. The van der Waals surface area contributed by atoms with Crippen molar-refractivity contribution in [3.8, 4) is 11.4 Å². The third-order valence-electron chi connectivity index (χ3n) is 3.72. The number of benzene rings is 2. The Bertz CT molecular complexity index is 1040. The highest BCUT2D eigenvalue weighted by molar-refractivity contribution is 6.33. The van der Waals surface area contributed by atoms with E-state index >= 15 is 0 Å². The third kappa shape index (κ3) is 3.04. The Morgan fingerprint density at radius 1 is 1.04 bits per heavy atom. The first-order chi connectivity index (χ1) is 12.2. The summed E-state index contributed by atoms with van der Waals surface area (Å²) in [5, 5.41) is 0.257. The third-order valence-corrected chi connectivity index (χ3v) is 4.00. The predicted molar refractivity (Wildman–Crippen MR) is 92.4 cm³/mol. The molecule has 0 radical (unpaired) electrons. The maximum absolute atomic E-state index is 14.4. The zero-order chi connectivity index (χ0) is 17.2. The first-order valence-corrected chi connectivity index (χ1v) is 7.90. The molecule has 0 aliphatic rings. The van der Waals surface area contributed by atoms with Crippen molar-refractivity contribution in [1.29, 1.82) is 0 Å². The second kappa shape index (κ2) is 6.49. The number of rotatable bonds is 4. The molecule has 0 aliphatic heterocycles. The van der Waals surface area contributed by atoms with E-state index in [9.17, 15) is 4.39 Å². The van der Waals surface area contributed by atoms with Gasteiger partial charge >= 0.3 is 0 Å². The molecule has 0 spiro atoms. The van der Waals surface area contributed by atoms with Gasteiger partial charge in [-0.25, -0.2) is 19.3 Å². The van der Waals surface area contributed by atoms with E-state index in [0.717, 1.165) is 5.56 Å². The Morgan fingerprint density at radius 2 is 1.88 bits per heavy atom. The molecule has 0 saturated heterocycles. The number of ether oxygens (including phenoxy) is 1. The van der Waals surface area contributed by atoms with Gasteiger partial charge in [-0.15, -0.1) is 0 Å². The summed E-state index contributed by atoms with van der Waals surface area (Å²) < 4.78 is 21.6. The van der Waals surface area contributed by atoms with Gasteiger partial charge in [0.1, 0.15) is 24.8 Å². The minimum absolute atomic E-state index is 0.185. The van der Waals surface area contributed by atoms with Crippen molar-refractivity contribution < 1.29 is 9.13 Å². The molecule has 0 N–H and O–H groups in total. The zero-order valence-electron chi connectivity index (χ0n) is 12.9. The molecular formula is C18H12ClFN4O. The van der Waals surface area contributed by atoms with E-state index in [1.54, 1.807) is 16.7 Å². The van der Waals surface area contributed by atoms with Crippen LogP contribution in [0, 0.1) is 5.82 Å². The van der Waals surface area contributed by atoms with E-state index in [4.69, 9.17) is 16.3 Å². The van der Waals surface area contributed by atoms with Crippen LogP contribution in [0.15, 0.2) is 61.2 Å². The molecule has 4 rings (SSSR count). The maximum atomic E-state index is 14.4. The van der Waals surface area contributed by atoms with Crippen LogP contribution in [0.4, 0.5) is 4.39 Å². The summed E-state index contributed by atoms with van der Waals surface area (Å²) in [5.74, 6) is -0.278. The summed E-state index contributed by atoms with van der Waals surface area (Å²) in [5.41, 5.74) is 2.52. The van der Waals surface area contributed by atoms with Gasteiger partial charge in [-0.05, 0) is 17.7 Å². The molecule has 2 aromatic heterocycles. The van der Waals surface area contributed by atoms with Gasteiger partial charge in [0.05, 0.1) is 5.69 Å². The lowest BCUT2D eigenvalue weighted by atomic mass is 10.2. The molecule has 5 nitrogen and oxygen atoms in total. The Hall–Kier alpha value is -2.99. The highest BCUT2D eigenvalue weighted by atomic mass is 35.5. The van der Waals surface area contributed by atoms with Gasteiger partial charge in [0, 0.05) is 6.07 Å². The largest absolute Gasteiger partial charge is 0.486 e. The van der Waals surface area contributed by atoms with Gasteiger partial charge in [-0.2, -0.15) is 0 Å². The molecule has 0 bridgehead atoms. The van der Waals surface area contributed by atoms with Crippen LogP contribution in [0.5, 0.6) is 5.75 Å². The van der Waals surface area contributed by atoms with Crippen molar-refractivity contribution in [3.63, 3.8) is 0 Å². The van der Waals surface area contributed by atoms with Crippen molar-refractivity contribution in [3.05, 3.63) is 77.7 Å². The van der Waals surface area contributed by atoms with Gasteiger partial charge in [0.15, 0.2) is 22.4 Å². The lowest BCUT2D eigenvalue weighted by molar-refractivity contribution is 0.290. The number of hydrogen-bond donors (Lipinski definition) is 0. The highest BCUT2D eigenvalue weighted by Crippen LogP contribution is 2.25. The highest BCUT2D eigenvalue weighted by Gasteiger charge is 2.12. The minimum atomic E-state index is -0.463. The first-order valence-electron chi connectivity index (χ1n) is 7.52. The summed E-state index contributed by atoms with van der Waals surface area (Å²) in [6.07, 6.45) is 2.88. The average Bonchev–Trinajstić information content (AvgIpc) is 3.07. The van der Waals surface area contributed by atoms with Crippen LogP contribution < -0.4 is 4.74 Å². The van der Waals surface area contributed by atoms with Crippen LogP contribution >= 0.6 is 11.6 Å². The van der Waals surface area contributed by atoms with Crippen molar-refractivity contribution >= 4 is 22.8 Å². The number of imidazole rings is 1. The SMILES string of the molecule is Fc1cc(-n2cnc3c(Cl)ncnc32)ccc1OCc1ccccc1.